The van der Waals surface area contributed by atoms with Crippen molar-refractivity contribution in [3.63, 3.8) is 0 Å². The molecule has 160 valence electrons. The van der Waals surface area contributed by atoms with Crippen molar-refractivity contribution in [1.82, 2.24) is 19.6 Å². The minimum absolute atomic E-state index is 0.117. The predicted molar refractivity (Wildman–Crippen MR) is 119 cm³/mol. The summed E-state index contributed by atoms with van der Waals surface area (Å²) in [6, 6.07) is 20.3. The van der Waals surface area contributed by atoms with Crippen LogP contribution in [0.5, 0.6) is 17.4 Å². The molecular weight excluding hydrogens is 430 g/mol. The molecule has 0 aliphatic rings. The SMILES string of the molecule is COc1ccc(S(=O)(=O)Nc2cccc(Oc3nc4ccccc4n4cnnc34)c2)cc1. The molecule has 0 radical (unpaired) electrons. The Bertz CT molecular complexity index is 1530. The van der Waals surface area contributed by atoms with Crippen LogP contribution >= 0.6 is 0 Å². The Labute approximate surface area is 183 Å². The van der Waals surface area contributed by atoms with E-state index < -0.39 is 10.0 Å². The van der Waals surface area contributed by atoms with Gasteiger partial charge < -0.3 is 9.47 Å². The molecule has 0 atom stereocenters. The zero-order valence-corrected chi connectivity index (χ0v) is 17.7. The fraction of sp³-hybridized carbons (Fsp3) is 0.0455. The number of methoxy groups -OCH3 is 1. The summed E-state index contributed by atoms with van der Waals surface area (Å²) in [7, 11) is -2.27. The Balaban J connectivity index is 1.45. The van der Waals surface area contributed by atoms with Crippen LogP contribution in [0, 0.1) is 0 Å². The lowest BCUT2D eigenvalue weighted by Gasteiger charge is -2.11. The van der Waals surface area contributed by atoms with Crippen molar-refractivity contribution in [2.75, 3.05) is 11.8 Å². The van der Waals surface area contributed by atoms with Crippen LogP contribution in [0.3, 0.4) is 0 Å². The van der Waals surface area contributed by atoms with Gasteiger partial charge in [-0.25, -0.2) is 13.4 Å². The van der Waals surface area contributed by atoms with Crippen LogP contribution in [0.1, 0.15) is 0 Å². The van der Waals surface area contributed by atoms with Gasteiger partial charge in [0.05, 0.1) is 28.7 Å². The third-order valence-corrected chi connectivity index (χ3v) is 6.17. The van der Waals surface area contributed by atoms with Crippen molar-refractivity contribution in [1.29, 1.82) is 0 Å². The zero-order chi connectivity index (χ0) is 22.1. The summed E-state index contributed by atoms with van der Waals surface area (Å²) in [5.41, 5.74) is 2.36. The van der Waals surface area contributed by atoms with E-state index in [2.05, 4.69) is 19.9 Å². The van der Waals surface area contributed by atoms with Gasteiger partial charge in [-0.2, -0.15) is 0 Å². The minimum Gasteiger partial charge on any atom is -0.497 e. The first-order valence-electron chi connectivity index (χ1n) is 9.57. The zero-order valence-electron chi connectivity index (χ0n) is 16.8. The average molecular weight is 447 g/mol. The van der Waals surface area contributed by atoms with Crippen LogP contribution < -0.4 is 14.2 Å². The average Bonchev–Trinajstić information content (AvgIpc) is 3.30. The van der Waals surface area contributed by atoms with Gasteiger partial charge in [0, 0.05) is 6.07 Å². The number of hydrogen-bond acceptors (Lipinski definition) is 7. The summed E-state index contributed by atoms with van der Waals surface area (Å²) >= 11 is 0. The molecule has 0 spiro atoms. The van der Waals surface area contributed by atoms with E-state index in [0.717, 1.165) is 5.52 Å². The van der Waals surface area contributed by atoms with E-state index in [1.54, 1.807) is 47.1 Å². The molecule has 5 aromatic rings. The van der Waals surface area contributed by atoms with Gasteiger partial charge in [-0.05, 0) is 48.5 Å². The maximum absolute atomic E-state index is 12.7. The lowest BCUT2D eigenvalue weighted by Crippen LogP contribution is -2.12. The molecule has 2 heterocycles. The van der Waals surface area contributed by atoms with Crippen molar-refractivity contribution >= 4 is 32.4 Å². The molecule has 1 N–H and O–H groups in total. The van der Waals surface area contributed by atoms with E-state index in [1.807, 2.05) is 24.3 Å². The number of anilines is 1. The second-order valence-electron chi connectivity index (χ2n) is 6.84. The monoisotopic (exact) mass is 447 g/mol. The Morgan fingerprint density at radius 2 is 1.75 bits per heavy atom. The molecule has 5 rings (SSSR count). The fourth-order valence-electron chi connectivity index (χ4n) is 3.25. The highest BCUT2D eigenvalue weighted by atomic mass is 32.2. The number of aromatic nitrogens is 4. The smallest absolute Gasteiger partial charge is 0.266 e. The first-order chi connectivity index (χ1) is 15.5. The molecule has 9 nitrogen and oxygen atoms in total. The molecule has 0 saturated heterocycles. The topological polar surface area (TPSA) is 108 Å². The quantitative estimate of drug-likeness (QED) is 0.421. The van der Waals surface area contributed by atoms with Crippen molar-refractivity contribution in [3.05, 3.63) is 79.1 Å². The first-order valence-corrected chi connectivity index (χ1v) is 11.0. The lowest BCUT2D eigenvalue weighted by molar-refractivity contribution is 0.414. The van der Waals surface area contributed by atoms with Crippen molar-refractivity contribution < 1.29 is 17.9 Å². The summed E-state index contributed by atoms with van der Waals surface area (Å²) in [4.78, 5) is 4.66. The fourth-order valence-corrected chi connectivity index (χ4v) is 4.30. The standard InChI is InChI=1S/C22H17N5O4S/c1-30-16-9-11-18(12-10-16)32(28,29)26-15-5-4-6-17(13-15)31-22-21-25-23-14-27(21)20-8-3-2-7-19(20)24-22/h2-14,26H,1H3. The second kappa shape index (κ2) is 7.82. The van der Waals surface area contributed by atoms with Gasteiger partial charge in [-0.15, -0.1) is 10.2 Å². The number of para-hydroxylation sites is 2. The molecule has 10 heteroatoms. The number of rotatable bonds is 6. The van der Waals surface area contributed by atoms with Crippen LogP contribution in [-0.2, 0) is 10.0 Å². The van der Waals surface area contributed by atoms with Gasteiger partial charge in [0.2, 0.25) is 5.65 Å². The summed E-state index contributed by atoms with van der Waals surface area (Å²) in [6.45, 7) is 0. The second-order valence-corrected chi connectivity index (χ2v) is 8.52. The Kier molecular flexibility index (Phi) is 4.83. The van der Waals surface area contributed by atoms with Crippen LogP contribution in [0.2, 0.25) is 0 Å². The molecule has 0 aliphatic heterocycles. The highest BCUT2D eigenvalue weighted by molar-refractivity contribution is 7.92. The molecule has 2 aromatic heterocycles. The van der Waals surface area contributed by atoms with Gasteiger partial charge in [0.25, 0.3) is 15.9 Å². The van der Waals surface area contributed by atoms with Crippen LogP contribution in [0.4, 0.5) is 5.69 Å². The number of sulfonamides is 1. The van der Waals surface area contributed by atoms with Crippen molar-refractivity contribution in [3.8, 4) is 17.4 Å². The molecular formula is C22H17N5O4S. The molecule has 0 unspecified atom stereocenters. The third kappa shape index (κ3) is 3.67. The first kappa shape index (κ1) is 19.8. The van der Waals surface area contributed by atoms with E-state index in [0.29, 0.717) is 28.4 Å². The number of benzene rings is 3. The van der Waals surface area contributed by atoms with E-state index in [9.17, 15) is 8.42 Å². The molecule has 0 aliphatic carbocycles. The molecule has 0 bridgehead atoms. The lowest BCUT2D eigenvalue weighted by atomic mass is 10.3. The minimum atomic E-state index is -3.79. The predicted octanol–water partition coefficient (Wildman–Crippen LogP) is 3.88. The van der Waals surface area contributed by atoms with Crippen molar-refractivity contribution in [2.45, 2.75) is 4.90 Å². The highest BCUT2D eigenvalue weighted by Gasteiger charge is 2.16. The maximum atomic E-state index is 12.7. The molecule has 0 amide bonds. The highest BCUT2D eigenvalue weighted by Crippen LogP contribution is 2.29. The molecule has 3 aromatic carbocycles. The Morgan fingerprint density at radius 3 is 2.56 bits per heavy atom. The van der Waals surface area contributed by atoms with Crippen LogP contribution in [-0.4, -0.2) is 35.1 Å². The Morgan fingerprint density at radius 1 is 0.938 bits per heavy atom. The van der Waals surface area contributed by atoms with Crippen LogP contribution in [0.15, 0.2) is 84.0 Å². The number of hydrogen-bond donors (Lipinski definition) is 1. The summed E-state index contributed by atoms with van der Waals surface area (Å²) in [6.07, 6.45) is 1.59. The number of nitrogens with zero attached hydrogens (tertiary/aromatic N) is 4. The van der Waals surface area contributed by atoms with E-state index >= 15 is 0 Å². The normalized spacial score (nSPS) is 11.5. The Hall–Kier alpha value is -4.18. The van der Waals surface area contributed by atoms with Crippen LogP contribution in [0.25, 0.3) is 16.7 Å². The van der Waals surface area contributed by atoms with Gasteiger partial charge in [-0.1, -0.05) is 18.2 Å². The molecule has 0 fully saturated rings. The number of fused-ring (bicyclic) bond motifs is 3. The number of nitrogens with one attached hydrogen (secondary N) is 1. The largest absolute Gasteiger partial charge is 0.497 e. The third-order valence-electron chi connectivity index (χ3n) is 4.77. The summed E-state index contributed by atoms with van der Waals surface area (Å²) in [5.74, 6) is 1.23. The molecule has 32 heavy (non-hydrogen) atoms. The van der Waals surface area contributed by atoms with E-state index in [1.165, 1.54) is 19.2 Å². The van der Waals surface area contributed by atoms with Gasteiger partial charge in [0.1, 0.15) is 17.8 Å². The van der Waals surface area contributed by atoms with Gasteiger partial charge in [-0.3, -0.25) is 9.12 Å². The summed E-state index contributed by atoms with van der Waals surface area (Å²) in [5, 5.41) is 8.06. The van der Waals surface area contributed by atoms with E-state index in [4.69, 9.17) is 9.47 Å². The van der Waals surface area contributed by atoms with Gasteiger partial charge >= 0.3 is 0 Å². The number of ether oxygens (including phenoxy) is 2. The summed E-state index contributed by atoms with van der Waals surface area (Å²) < 4.78 is 40.8. The van der Waals surface area contributed by atoms with E-state index in [-0.39, 0.29) is 10.8 Å². The maximum Gasteiger partial charge on any atom is 0.266 e. The van der Waals surface area contributed by atoms with Gasteiger partial charge in [0.15, 0.2) is 0 Å². The molecule has 0 saturated carbocycles. The van der Waals surface area contributed by atoms with Crippen molar-refractivity contribution in [2.24, 2.45) is 0 Å².